The summed E-state index contributed by atoms with van der Waals surface area (Å²) < 4.78 is 0. The van der Waals surface area contributed by atoms with Crippen molar-refractivity contribution < 1.29 is 4.84 Å². The Morgan fingerprint density at radius 2 is 2.30 bits per heavy atom. The molecule has 10 heavy (non-hydrogen) atoms. The van der Waals surface area contributed by atoms with Gasteiger partial charge in [0.25, 0.3) is 0 Å². The highest BCUT2D eigenvalue weighted by Crippen LogP contribution is 2.26. The second kappa shape index (κ2) is 3.94. The van der Waals surface area contributed by atoms with Crippen molar-refractivity contribution in [2.75, 3.05) is 6.61 Å². The fourth-order valence-electron chi connectivity index (χ4n) is 1.11. The third kappa shape index (κ3) is 1.96. The van der Waals surface area contributed by atoms with Gasteiger partial charge in [-0.1, -0.05) is 13.8 Å². The summed E-state index contributed by atoms with van der Waals surface area (Å²) in [5.41, 5.74) is 3.07. The van der Waals surface area contributed by atoms with Crippen molar-refractivity contribution in [3.63, 3.8) is 0 Å². The number of rotatable bonds is 4. The van der Waals surface area contributed by atoms with Crippen LogP contribution in [0.15, 0.2) is 0 Å². The quantitative estimate of drug-likeness (QED) is 0.478. The predicted molar refractivity (Wildman–Crippen MR) is 41.6 cm³/mol. The standard InChI is InChI=1S/C8H17NO/c1-3-6-10-9-8-5-4-7(8)2/h7-9H,3-6H2,1-2H3. The maximum absolute atomic E-state index is 5.21. The summed E-state index contributed by atoms with van der Waals surface area (Å²) in [5, 5.41) is 0. The maximum Gasteiger partial charge on any atom is 0.0679 e. The van der Waals surface area contributed by atoms with Crippen LogP contribution in [0.5, 0.6) is 0 Å². The van der Waals surface area contributed by atoms with E-state index >= 15 is 0 Å². The highest BCUT2D eigenvalue weighted by atomic mass is 16.6. The van der Waals surface area contributed by atoms with Crippen LogP contribution in [0.3, 0.4) is 0 Å². The van der Waals surface area contributed by atoms with Crippen LogP contribution < -0.4 is 5.48 Å². The van der Waals surface area contributed by atoms with Crippen molar-refractivity contribution in [3.05, 3.63) is 0 Å². The molecular formula is C8H17NO. The summed E-state index contributed by atoms with van der Waals surface area (Å²) in [5.74, 6) is 0.817. The van der Waals surface area contributed by atoms with Gasteiger partial charge in [-0.25, -0.2) is 0 Å². The lowest BCUT2D eigenvalue weighted by molar-refractivity contribution is -0.0223. The van der Waals surface area contributed by atoms with Gasteiger partial charge in [0, 0.05) is 6.04 Å². The molecule has 0 heterocycles. The van der Waals surface area contributed by atoms with Crippen molar-refractivity contribution in [1.29, 1.82) is 0 Å². The van der Waals surface area contributed by atoms with Crippen LogP contribution in [0, 0.1) is 5.92 Å². The molecular weight excluding hydrogens is 126 g/mol. The summed E-state index contributed by atoms with van der Waals surface area (Å²) in [6.07, 6.45) is 3.73. The highest BCUT2D eigenvalue weighted by Gasteiger charge is 2.26. The van der Waals surface area contributed by atoms with E-state index in [1.165, 1.54) is 12.8 Å². The molecule has 0 spiro atoms. The Balaban J connectivity index is 1.92. The number of nitrogens with one attached hydrogen (secondary N) is 1. The average Bonchev–Trinajstić information content (AvgIpc) is 1.95. The Hall–Kier alpha value is -0.0800. The van der Waals surface area contributed by atoms with Gasteiger partial charge in [-0.3, -0.25) is 0 Å². The lowest BCUT2D eigenvalue weighted by Crippen LogP contribution is -2.42. The van der Waals surface area contributed by atoms with Crippen LogP contribution in [0.25, 0.3) is 0 Å². The van der Waals surface area contributed by atoms with E-state index < -0.39 is 0 Å². The minimum absolute atomic E-state index is 0.631. The zero-order chi connectivity index (χ0) is 7.40. The summed E-state index contributed by atoms with van der Waals surface area (Å²) >= 11 is 0. The smallest absolute Gasteiger partial charge is 0.0679 e. The van der Waals surface area contributed by atoms with Crippen LogP contribution in [-0.4, -0.2) is 12.6 Å². The molecule has 1 saturated carbocycles. The Morgan fingerprint density at radius 1 is 1.50 bits per heavy atom. The van der Waals surface area contributed by atoms with Crippen LogP contribution >= 0.6 is 0 Å². The summed E-state index contributed by atoms with van der Waals surface area (Å²) in [6, 6.07) is 0.631. The molecule has 0 amide bonds. The van der Waals surface area contributed by atoms with E-state index in [0.29, 0.717) is 6.04 Å². The summed E-state index contributed by atoms with van der Waals surface area (Å²) in [7, 11) is 0. The minimum atomic E-state index is 0.631. The first-order valence-corrected chi connectivity index (χ1v) is 4.22. The fourth-order valence-corrected chi connectivity index (χ4v) is 1.11. The molecule has 1 rings (SSSR count). The van der Waals surface area contributed by atoms with E-state index in [1.54, 1.807) is 0 Å². The van der Waals surface area contributed by atoms with Crippen LogP contribution in [0.1, 0.15) is 33.1 Å². The second-order valence-electron chi connectivity index (χ2n) is 3.13. The van der Waals surface area contributed by atoms with E-state index in [4.69, 9.17) is 4.84 Å². The Labute approximate surface area is 62.9 Å². The molecule has 2 heteroatoms. The molecule has 1 N–H and O–H groups in total. The Morgan fingerprint density at radius 3 is 2.70 bits per heavy atom. The average molecular weight is 143 g/mol. The van der Waals surface area contributed by atoms with Crippen LogP contribution in [-0.2, 0) is 4.84 Å². The molecule has 2 atom stereocenters. The first kappa shape index (κ1) is 8.02. The third-order valence-electron chi connectivity index (χ3n) is 2.16. The van der Waals surface area contributed by atoms with Crippen molar-refractivity contribution >= 4 is 0 Å². The molecule has 0 radical (unpaired) electrons. The fraction of sp³-hybridized carbons (Fsp3) is 1.00. The molecule has 0 aromatic carbocycles. The van der Waals surface area contributed by atoms with Gasteiger partial charge in [0.1, 0.15) is 0 Å². The molecule has 0 bridgehead atoms. The largest absolute Gasteiger partial charge is 0.302 e. The normalized spacial score (nSPS) is 31.8. The lowest BCUT2D eigenvalue weighted by Gasteiger charge is -2.33. The van der Waals surface area contributed by atoms with Gasteiger partial charge in [-0.15, -0.1) is 0 Å². The lowest BCUT2D eigenvalue weighted by atomic mass is 9.82. The summed E-state index contributed by atoms with van der Waals surface area (Å²) in [4.78, 5) is 5.21. The first-order chi connectivity index (χ1) is 4.84. The molecule has 2 nitrogen and oxygen atoms in total. The Kier molecular flexibility index (Phi) is 3.16. The van der Waals surface area contributed by atoms with Crippen molar-refractivity contribution in [2.45, 2.75) is 39.2 Å². The predicted octanol–water partition coefficient (Wildman–Crippen LogP) is 1.72. The number of hydrogen-bond donors (Lipinski definition) is 1. The van der Waals surface area contributed by atoms with Gasteiger partial charge in [0.05, 0.1) is 6.61 Å². The molecule has 0 aromatic rings. The van der Waals surface area contributed by atoms with E-state index in [2.05, 4.69) is 19.3 Å². The van der Waals surface area contributed by atoms with Crippen molar-refractivity contribution in [3.8, 4) is 0 Å². The molecule has 2 unspecified atom stereocenters. The van der Waals surface area contributed by atoms with Crippen LogP contribution in [0.4, 0.5) is 0 Å². The minimum Gasteiger partial charge on any atom is -0.302 e. The molecule has 60 valence electrons. The molecule has 1 aliphatic rings. The zero-order valence-electron chi connectivity index (χ0n) is 6.89. The van der Waals surface area contributed by atoms with Crippen molar-refractivity contribution in [1.82, 2.24) is 5.48 Å². The van der Waals surface area contributed by atoms with Gasteiger partial charge in [-0.2, -0.15) is 5.48 Å². The SMILES string of the molecule is CCCONC1CCC1C. The molecule has 1 aliphatic carbocycles. The summed E-state index contributed by atoms with van der Waals surface area (Å²) in [6.45, 7) is 5.21. The van der Waals surface area contributed by atoms with Gasteiger partial charge >= 0.3 is 0 Å². The molecule has 0 aliphatic heterocycles. The third-order valence-corrected chi connectivity index (χ3v) is 2.16. The number of hydrogen-bond acceptors (Lipinski definition) is 2. The van der Waals surface area contributed by atoms with Crippen LogP contribution in [0.2, 0.25) is 0 Å². The van der Waals surface area contributed by atoms with Crippen molar-refractivity contribution in [2.24, 2.45) is 5.92 Å². The monoisotopic (exact) mass is 143 g/mol. The van der Waals surface area contributed by atoms with Gasteiger partial charge < -0.3 is 4.84 Å². The van der Waals surface area contributed by atoms with E-state index in [-0.39, 0.29) is 0 Å². The van der Waals surface area contributed by atoms with Gasteiger partial charge in [-0.05, 0) is 25.2 Å². The van der Waals surface area contributed by atoms with E-state index in [0.717, 1.165) is 18.9 Å². The van der Waals surface area contributed by atoms with Gasteiger partial charge in [0.2, 0.25) is 0 Å². The maximum atomic E-state index is 5.21. The first-order valence-electron chi connectivity index (χ1n) is 4.22. The Bertz CT molecular complexity index is 95.3. The highest BCUT2D eigenvalue weighted by molar-refractivity contribution is 4.80. The zero-order valence-corrected chi connectivity index (χ0v) is 6.89. The molecule has 0 saturated heterocycles. The molecule has 0 aromatic heterocycles. The second-order valence-corrected chi connectivity index (χ2v) is 3.13. The number of hydroxylamine groups is 1. The molecule has 1 fully saturated rings. The van der Waals surface area contributed by atoms with E-state index in [1.807, 2.05) is 0 Å². The topological polar surface area (TPSA) is 21.3 Å². The van der Waals surface area contributed by atoms with Gasteiger partial charge in [0.15, 0.2) is 0 Å². The van der Waals surface area contributed by atoms with E-state index in [9.17, 15) is 0 Å².